The van der Waals surface area contributed by atoms with E-state index in [0.29, 0.717) is 17.9 Å². The zero-order valence-electron chi connectivity index (χ0n) is 12.6. The van der Waals surface area contributed by atoms with Crippen LogP contribution < -0.4 is 5.11 Å². The molecule has 2 aromatic rings. The van der Waals surface area contributed by atoms with Crippen molar-refractivity contribution >= 4 is 33.5 Å². The lowest BCUT2D eigenvalue weighted by atomic mass is 10.0. The van der Waals surface area contributed by atoms with Crippen molar-refractivity contribution in [1.29, 1.82) is 0 Å². The van der Waals surface area contributed by atoms with Gasteiger partial charge in [-0.1, -0.05) is 28.1 Å². The predicted octanol–water partition coefficient (Wildman–Crippen LogP) is 2.25. The molecule has 1 aromatic heterocycles. The average Bonchev–Trinajstić information content (AvgIpc) is 3.22. The first kappa shape index (κ1) is 16.4. The molecule has 7 heteroatoms. The Balaban J connectivity index is 1.87. The molecule has 1 aliphatic heterocycles. The first-order chi connectivity index (χ1) is 11.5. The number of carboxylic acids is 1. The molecule has 0 saturated carbocycles. The molecule has 0 aliphatic carbocycles. The van der Waals surface area contributed by atoms with Crippen molar-refractivity contribution in [3.05, 3.63) is 58.5 Å². The van der Waals surface area contributed by atoms with Gasteiger partial charge in [-0.25, -0.2) is 5.01 Å². The minimum Gasteiger partial charge on any atom is -0.550 e. The highest BCUT2D eigenvalue weighted by molar-refractivity contribution is 9.10. The summed E-state index contributed by atoms with van der Waals surface area (Å²) in [5.74, 6) is -1.00. The molecule has 0 unspecified atom stereocenters. The van der Waals surface area contributed by atoms with Crippen LogP contribution in [0.25, 0.3) is 0 Å². The number of benzene rings is 1. The number of hydrogen-bond donors (Lipinski definition) is 0. The number of rotatable bonds is 5. The van der Waals surface area contributed by atoms with Crippen LogP contribution in [0.2, 0.25) is 0 Å². The minimum absolute atomic E-state index is 0.149. The van der Waals surface area contributed by atoms with Crippen molar-refractivity contribution < 1.29 is 19.1 Å². The van der Waals surface area contributed by atoms with Gasteiger partial charge in [0.25, 0.3) is 0 Å². The largest absolute Gasteiger partial charge is 0.550 e. The van der Waals surface area contributed by atoms with Gasteiger partial charge in [0.15, 0.2) is 0 Å². The molecule has 24 heavy (non-hydrogen) atoms. The lowest BCUT2D eigenvalue weighted by Crippen LogP contribution is -2.29. The molecule has 1 aliphatic rings. The minimum atomic E-state index is -1.25. The van der Waals surface area contributed by atoms with Gasteiger partial charge in [0.2, 0.25) is 5.91 Å². The average molecular weight is 390 g/mol. The van der Waals surface area contributed by atoms with Crippen molar-refractivity contribution in [2.24, 2.45) is 5.10 Å². The van der Waals surface area contributed by atoms with Gasteiger partial charge in [0.05, 0.1) is 12.3 Å². The third kappa shape index (κ3) is 3.56. The number of carbonyl (C=O) groups excluding carboxylic acids is 2. The van der Waals surface area contributed by atoms with E-state index in [2.05, 4.69) is 21.0 Å². The Hall–Kier alpha value is -2.41. The van der Waals surface area contributed by atoms with Crippen LogP contribution in [-0.4, -0.2) is 22.6 Å². The van der Waals surface area contributed by atoms with Crippen LogP contribution in [0.5, 0.6) is 0 Å². The second-order valence-electron chi connectivity index (χ2n) is 5.41. The molecule has 3 rings (SSSR count). The smallest absolute Gasteiger partial charge is 0.243 e. The zero-order valence-corrected chi connectivity index (χ0v) is 14.2. The van der Waals surface area contributed by atoms with Crippen molar-refractivity contribution in [3.8, 4) is 0 Å². The maximum absolute atomic E-state index is 12.4. The summed E-state index contributed by atoms with van der Waals surface area (Å²) < 4.78 is 6.30. The maximum Gasteiger partial charge on any atom is 0.243 e. The monoisotopic (exact) mass is 389 g/mol. The molecule has 0 saturated heterocycles. The fourth-order valence-corrected chi connectivity index (χ4v) is 2.86. The van der Waals surface area contributed by atoms with E-state index in [1.54, 1.807) is 18.4 Å². The van der Waals surface area contributed by atoms with E-state index in [-0.39, 0.29) is 24.8 Å². The van der Waals surface area contributed by atoms with Crippen LogP contribution in [0.4, 0.5) is 0 Å². The SMILES string of the molecule is O=C([O-])CCC(=O)N1N=C(c2ccco2)C[C@@H]1c1ccc(Br)cc1. The Bertz CT molecular complexity index is 768. The molecule has 0 bridgehead atoms. The van der Waals surface area contributed by atoms with Crippen LogP contribution >= 0.6 is 15.9 Å². The van der Waals surface area contributed by atoms with Gasteiger partial charge in [0, 0.05) is 23.3 Å². The number of hydrazone groups is 1. The fourth-order valence-electron chi connectivity index (χ4n) is 2.60. The van der Waals surface area contributed by atoms with Gasteiger partial charge in [0.1, 0.15) is 11.5 Å². The highest BCUT2D eigenvalue weighted by atomic mass is 79.9. The highest BCUT2D eigenvalue weighted by Gasteiger charge is 2.33. The van der Waals surface area contributed by atoms with Gasteiger partial charge >= 0.3 is 0 Å². The number of carbonyl (C=O) groups is 2. The van der Waals surface area contributed by atoms with E-state index in [9.17, 15) is 14.7 Å². The summed E-state index contributed by atoms with van der Waals surface area (Å²) in [6.07, 6.45) is 1.58. The van der Waals surface area contributed by atoms with E-state index in [1.807, 2.05) is 24.3 Å². The number of hydrogen-bond acceptors (Lipinski definition) is 5. The van der Waals surface area contributed by atoms with E-state index < -0.39 is 5.97 Å². The molecule has 0 radical (unpaired) electrons. The number of nitrogens with zero attached hydrogens (tertiary/aromatic N) is 2. The summed E-state index contributed by atoms with van der Waals surface area (Å²) >= 11 is 3.39. The summed E-state index contributed by atoms with van der Waals surface area (Å²) in [5, 5.41) is 16.3. The number of amides is 1. The predicted molar refractivity (Wildman–Crippen MR) is 87.8 cm³/mol. The van der Waals surface area contributed by atoms with Gasteiger partial charge in [-0.05, 0) is 36.2 Å². The summed E-state index contributed by atoms with van der Waals surface area (Å²) in [6.45, 7) is 0. The van der Waals surface area contributed by atoms with Crippen LogP contribution in [0.15, 0.2) is 56.7 Å². The standard InChI is InChI=1S/C17H15BrN2O4/c18-12-5-3-11(4-6-12)14-10-13(15-2-1-9-24-15)19-20(14)16(21)7-8-17(22)23/h1-6,9,14H,7-8,10H2,(H,22,23)/p-1/t14-/m1/s1. The Labute approximate surface area is 146 Å². The third-order valence-electron chi connectivity index (χ3n) is 3.77. The zero-order chi connectivity index (χ0) is 17.1. The number of furan rings is 1. The van der Waals surface area contributed by atoms with E-state index in [0.717, 1.165) is 10.0 Å². The molecular weight excluding hydrogens is 376 g/mol. The van der Waals surface area contributed by atoms with Crippen molar-refractivity contribution in [3.63, 3.8) is 0 Å². The molecule has 1 atom stereocenters. The molecule has 0 N–H and O–H groups in total. The molecule has 6 nitrogen and oxygen atoms in total. The van der Waals surface area contributed by atoms with Crippen molar-refractivity contribution in [2.45, 2.75) is 25.3 Å². The lowest BCUT2D eigenvalue weighted by molar-refractivity contribution is -0.305. The Morgan fingerprint density at radius 1 is 1.25 bits per heavy atom. The number of aliphatic carboxylic acids is 1. The molecule has 2 heterocycles. The van der Waals surface area contributed by atoms with Gasteiger partial charge in [-0.3, -0.25) is 4.79 Å². The second kappa shape index (κ2) is 7.00. The first-order valence-electron chi connectivity index (χ1n) is 7.43. The highest BCUT2D eigenvalue weighted by Crippen LogP contribution is 2.34. The topological polar surface area (TPSA) is 85.9 Å². The van der Waals surface area contributed by atoms with Gasteiger partial charge in [-0.2, -0.15) is 5.10 Å². The number of halogens is 1. The Kier molecular flexibility index (Phi) is 4.80. The maximum atomic E-state index is 12.4. The van der Waals surface area contributed by atoms with E-state index >= 15 is 0 Å². The normalized spacial score (nSPS) is 17.0. The van der Waals surface area contributed by atoms with Crippen LogP contribution in [0.3, 0.4) is 0 Å². The second-order valence-corrected chi connectivity index (χ2v) is 6.32. The lowest BCUT2D eigenvalue weighted by Gasteiger charge is -2.22. The first-order valence-corrected chi connectivity index (χ1v) is 8.22. The quantitative estimate of drug-likeness (QED) is 0.784. The molecule has 124 valence electrons. The summed E-state index contributed by atoms with van der Waals surface area (Å²) in [5.41, 5.74) is 1.58. The van der Waals surface area contributed by atoms with Crippen LogP contribution in [0, 0.1) is 0 Å². The molecule has 0 fully saturated rings. The van der Waals surface area contributed by atoms with E-state index in [4.69, 9.17) is 4.42 Å². The summed E-state index contributed by atoms with van der Waals surface area (Å²) in [6, 6.07) is 10.9. The van der Waals surface area contributed by atoms with Crippen molar-refractivity contribution in [1.82, 2.24) is 5.01 Å². The number of carboxylic acid groups (broad SMARTS) is 1. The molecule has 1 amide bonds. The van der Waals surface area contributed by atoms with E-state index in [1.165, 1.54) is 5.01 Å². The van der Waals surface area contributed by atoms with Crippen LogP contribution in [-0.2, 0) is 9.59 Å². The third-order valence-corrected chi connectivity index (χ3v) is 4.30. The molecular formula is C17H14BrN2O4-. The van der Waals surface area contributed by atoms with Crippen molar-refractivity contribution in [2.75, 3.05) is 0 Å². The Morgan fingerprint density at radius 3 is 2.62 bits per heavy atom. The molecule has 0 spiro atoms. The van der Waals surface area contributed by atoms with Gasteiger partial charge in [-0.15, -0.1) is 0 Å². The van der Waals surface area contributed by atoms with Crippen LogP contribution in [0.1, 0.15) is 36.6 Å². The fraction of sp³-hybridized carbons (Fsp3) is 0.235. The Morgan fingerprint density at radius 2 is 2.00 bits per heavy atom. The summed E-state index contributed by atoms with van der Waals surface area (Å²) in [7, 11) is 0. The summed E-state index contributed by atoms with van der Waals surface area (Å²) in [4.78, 5) is 23.0. The molecule has 1 aromatic carbocycles. The van der Waals surface area contributed by atoms with Gasteiger partial charge < -0.3 is 14.3 Å².